The molecule has 1 saturated heterocycles. The Labute approximate surface area is 165 Å². The fourth-order valence-electron chi connectivity index (χ4n) is 2.95. The third kappa shape index (κ3) is 4.01. The highest BCUT2D eigenvalue weighted by molar-refractivity contribution is 7.13. The predicted octanol–water partition coefficient (Wildman–Crippen LogP) is 3.42. The molecule has 2 aromatic heterocycles. The van der Waals surface area contributed by atoms with Gasteiger partial charge in [-0.15, -0.1) is 22.7 Å². The number of hydrogen-bond acceptors (Lipinski definition) is 6. The van der Waals surface area contributed by atoms with Crippen molar-refractivity contribution in [3.05, 3.63) is 63.8 Å². The summed E-state index contributed by atoms with van der Waals surface area (Å²) < 4.78 is 0. The topological polar surface area (TPSA) is 65.5 Å². The van der Waals surface area contributed by atoms with Gasteiger partial charge in [0, 0.05) is 49.0 Å². The minimum absolute atomic E-state index is 0.0184. The summed E-state index contributed by atoms with van der Waals surface area (Å²) in [6, 6.07) is 10.7. The van der Waals surface area contributed by atoms with Crippen LogP contribution in [0.15, 0.2) is 53.4 Å². The number of nitrogens with zero attached hydrogens (tertiary/aromatic N) is 3. The molecule has 0 radical (unpaired) electrons. The van der Waals surface area contributed by atoms with Gasteiger partial charge in [-0.3, -0.25) is 9.59 Å². The lowest BCUT2D eigenvalue weighted by molar-refractivity contribution is 0.0746. The van der Waals surface area contributed by atoms with Gasteiger partial charge < -0.3 is 15.1 Å². The number of carbonyl (C=O) groups is 2. The molecule has 8 heteroatoms. The number of thiophene rings is 1. The summed E-state index contributed by atoms with van der Waals surface area (Å²) >= 11 is 3.01. The molecule has 0 atom stereocenters. The van der Waals surface area contributed by atoms with Gasteiger partial charge in [-0.2, -0.15) is 0 Å². The quantitative estimate of drug-likeness (QED) is 0.731. The van der Waals surface area contributed by atoms with Gasteiger partial charge in [0.05, 0.1) is 4.88 Å². The Morgan fingerprint density at radius 2 is 1.74 bits per heavy atom. The summed E-state index contributed by atoms with van der Waals surface area (Å²) in [4.78, 5) is 33.9. The van der Waals surface area contributed by atoms with Gasteiger partial charge in [0.2, 0.25) is 0 Å². The van der Waals surface area contributed by atoms with E-state index in [2.05, 4.69) is 15.2 Å². The number of thiazole rings is 1. The molecular weight excluding hydrogens is 380 g/mol. The van der Waals surface area contributed by atoms with Gasteiger partial charge >= 0.3 is 0 Å². The van der Waals surface area contributed by atoms with E-state index in [1.807, 2.05) is 21.7 Å². The van der Waals surface area contributed by atoms with Crippen molar-refractivity contribution in [2.24, 2.45) is 0 Å². The second-order valence-corrected chi connectivity index (χ2v) is 7.92. The molecule has 138 valence electrons. The molecule has 6 nitrogen and oxygen atoms in total. The van der Waals surface area contributed by atoms with Crippen LogP contribution in [0.3, 0.4) is 0 Å². The molecule has 1 N–H and O–H groups in total. The number of piperazine rings is 1. The van der Waals surface area contributed by atoms with Crippen molar-refractivity contribution in [2.75, 3.05) is 36.4 Å². The Balaban J connectivity index is 1.35. The third-order valence-corrected chi connectivity index (χ3v) is 6.09. The van der Waals surface area contributed by atoms with Crippen LogP contribution in [-0.4, -0.2) is 47.9 Å². The van der Waals surface area contributed by atoms with Gasteiger partial charge in [-0.1, -0.05) is 6.07 Å². The largest absolute Gasteiger partial charge is 0.345 e. The van der Waals surface area contributed by atoms with Crippen LogP contribution < -0.4 is 10.2 Å². The first kappa shape index (κ1) is 17.7. The van der Waals surface area contributed by atoms with Crippen LogP contribution in [0.2, 0.25) is 0 Å². The van der Waals surface area contributed by atoms with Crippen molar-refractivity contribution in [3.63, 3.8) is 0 Å². The zero-order valence-corrected chi connectivity index (χ0v) is 16.1. The lowest BCUT2D eigenvalue weighted by Gasteiger charge is -2.34. The average molecular weight is 399 g/mol. The number of nitrogens with one attached hydrogen (secondary N) is 1. The van der Waals surface area contributed by atoms with E-state index < -0.39 is 0 Å². The molecule has 0 aliphatic carbocycles. The van der Waals surface area contributed by atoms with Gasteiger partial charge in [0.25, 0.3) is 11.8 Å². The highest BCUT2D eigenvalue weighted by Gasteiger charge is 2.23. The van der Waals surface area contributed by atoms with Gasteiger partial charge in [0.15, 0.2) is 5.13 Å². The number of hydrogen-bond donors (Lipinski definition) is 1. The third-order valence-electron chi connectivity index (χ3n) is 4.39. The Hall–Kier alpha value is -2.71. The summed E-state index contributed by atoms with van der Waals surface area (Å²) in [6.07, 6.45) is 1.80. The Morgan fingerprint density at radius 1 is 0.963 bits per heavy atom. The molecule has 27 heavy (non-hydrogen) atoms. The molecular formula is C19H18N4O2S2. The van der Waals surface area contributed by atoms with Gasteiger partial charge in [-0.05, 0) is 35.7 Å². The molecule has 2 amide bonds. The van der Waals surface area contributed by atoms with Crippen molar-refractivity contribution in [1.29, 1.82) is 0 Å². The normalized spacial score (nSPS) is 14.2. The minimum Gasteiger partial charge on any atom is -0.345 e. The lowest BCUT2D eigenvalue weighted by Crippen LogP contribution is -2.48. The van der Waals surface area contributed by atoms with Gasteiger partial charge in [-0.25, -0.2) is 4.98 Å². The molecule has 1 fully saturated rings. The number of aromatic nitrogens is 1. The van der Waals surface area contributed by atoms with Crippen LogP contribution in [0.1, 0.15) is 20.0 Å². The van der Waals surface area contributed by atoms with Crippen molar-refractivity contribution in [3.8, 4) is 0 Å². The predicted molar refractivity (Wildman–Crippen MR) is 109 cm³/mol. The first-order chi connectivity index (χ1) is 13.2. The summed E-state index contributed by atoms with van der Waals surface area (Å²) in [5.74, 6) is -0.118. The Kier molecular flexibility index (Phi) is 5.17. The van der Waals surface area contributed by atoms with E-state index in [-0.39, 0.29) is 11.8 Å². The maximum Gasteiger partial charge on any atom is 0.265 e. The molecule has 1 aromatic carbocycles. The number of anilines is 2. The van der Waals surface area contributed by atoms with Crippen LogP contribution in [-0.2, 0) is 0 Å². The van der Waals surface area contributed by atoms with Gasteiger partial charge in [0.1, 0.15) is 0 Å². The first-order valence-electron chi connectivity index (χ1n) is 8.59. The standard InChI is InChI=1S/C19H18N4O2S2/c24-17(16-2-1-12-26-16)21-15-5-3-14(4-6-15)18(25)22-8-10-23(11-9-22)19-20-7-13-27-19/h1-7,12-13H,8-11H2,(H,21,24). The SMILES string of the molecule is O=C(Nc1ccc(C(=O)N2CCN(c3nccs3)CC2)cc1)c1cccs1. The zero-order chi connectivity index (χ0) is 18.6. The van der Waals surface area contributed by atoms with Crippen LogP contribution >= 0.6 is 22.7 Å². The van der Waals surface area contributed by atoms with Crippen LogP contribution in [0, 0.1) is 0 Å². The molecule has 0 bridgehead atoms. The van der Waals surface area contributed by atoms with E-state index in [0.29, 0.717) is 29.2 Å². The summed E-state index contributed by atoms with van der Waals surface area (Å²) in [7, 11) is 0. The molecule has 1 aliphatic heterocycles. The molecule has 0 spiro atoms. The summed E-state index contributed by atoms with van der Waals surface area (Å²) in [5, 5.41) is 7.68. The van der Waals surface area contributed by atoms with Crippen molar-refractivity contribution < 1.29 is 9.59 Å². The fraction of sp³-hybridized carbons (Fsp3) is 0.211. The minimum atomic E-state index is -0.137. The lowest BCUT2D eigenvalue weighted by atomic mass is 10.1. The molecule has 0 unspecified atom stereocenters. The number of benzene rings is 1. The second kappa shape index (κ2) is 7.89. The highest BCUT2D eigenvalue weighted by atomic mass is 32.1. The van der Waals surface area contributed by atoms with E-state index in [0.717, 1.165) is 18.2 Å². The highest BCUT2D eigenvalue weighted by Crippen LogP contribution is 2.20. The number of carbonyl (C=O) groups excluding carboxylic acids is 2. The molecule has 1 aliphatic rings. The fourth-order valence-corrected chi connectivity index (χ4v) is 4.27. The molecule has 0 saturated carbocycles. The van der Waals surface area contributed by atoms with E-state index in [9.17, 15) is 9.59 Å². The zero-order valence-electron chi connectivity index (χ0n) is 14.5. The first-order valence-corrected chi connectivity index (χ1v) is 10.4. The smallest absolute Gasteiger partial charge is 0.265 e. The summed E-state index contributed by atoms with van der Waals surface area (Å²) in [6.45, 7) is 2.92. The van der Waals surface area contributed by atoms with E-state index in [4.69, 9.17) is 0 Å². The monoisotopic (exact) mass is 398 g/mol. The number of amides is 2. The van der Waals surface area contributed by atoms with Crippen molar-refractivity contribution >= 4 is 45.3 Å². The Morgan fingerprint density at radius 3 is 2.37 bits per heavy atom. The van der Waals surface area contributed by atoms with E-state index in [1.165, 1.54) is 11.3 Å². The maximum absolute atomic E-state index is 12.7. The molecule has 3 aromatic rings. The maximum atomic E-state index is 12.7. The summed E-state index contributed by atoms with van der Waals surface area (Å²) in [5.41, 5.74) is 1.31. The van der Waals surface area contributed by atoms with E-state index in [1.54, 1.807) is 47.9 Å². The van der Waals surface area contributed by atoms with Crippen LogP contribution in [0.5, 0.6) is 0 Å². The number of rotatable bonds is 4. The molecule has 3 heterocycles. The van der Waals surface area contributed by atoms with Crippen molar-refractivity contribution in [2.45, 2.75) is 0 Å². The van der Waals surface area contributed by atoms with Crippen LogP contribution in [0.4, 0.5) is 10.8 Å². The van der Waals surface area contributed by atoms with Crippen LogP contribution in [0.25, 0.3) is 0 Å². The van der Waals surface area contributed by atoms with Crippen molar-refractivity contribution in [1.82, 2.24) is 9.88 Å². The van der Waals surface area contributed by atoms with E-state index >= 15 is 0 Å². The Bertz CT molecular complexity index is 900. The average Bonchev–Trinajstić information content (AvgIpc) is 3.42. The second-order valence-electron chi connectivity index (χ2n) is 6.10. The molecule has 4 rings (SSSR count).